The Labute approximate surface area is 186 Å². The van der Waals surface area contributed by atoms with Crippen LogP contribution in [0.1, 0.15) is 34.0 Å². The van der Waals surface area contributed by atoms with Crippen LogP contribution in [0.5, 0.6) is 0 Å². The van der Waals surface area contributed by atoms with Crippen molar-refractivity contribution in [2.45, 2.75) is 25.9 Å². The molecule has 0 aliphatic carbocycles. The van der Waals surface area contributed by atoms with Crippen molar-refractivity contribution in [1.29, 1.82) is 0 Å². The van der Waals surface area contributed by atoms with E-state index in [0.717, 1.165) is 25.1 Å². The van der Waals surface area contributed by atoms with Crippen molar-refractivity contribution < 1.29 is 0 Å². The van der Waals surface area contributed by atoms with E-state index in [9.17, 15) is 0 Å². The molecule has 5 aromatic rings. The Kier molecular flexibility index (Phi) is 4.58. The fourth-order valence-corrected chi connectivity index (χ4v) is 4.90. The highest BCUT2D eigenvalue weighted by Crippen LogP contribution is 2.39. The highest BCUT2D eigenvalue weighted by atomic mass is 15.5. The first-order valence-corrected chi connectivity index (χ1v) is 11.0. The molecule has 0 spiro atoms. The number of benzene rings is 3. The third kappa shape index (κ3) is 3.29. The zero-order valence-corrected chi connectivity index (χ0v) is 17.9. The van der Waals surface area contributed by atoms with Crippen molar-refractivity contribution in [3.8, 4) is 11.4 Å². The summed E-state index contributed by atoms with van der Waals surface area (Å²) in [5.41, 5.74) is 8.73. The summed E-state index contributed by atoms with van der Waals surface area (Å²) in [6, 6.07) is 26.1. The molecule has 6 rings (SSSR count). The molecule has 0 saturated heterocycles. The van der Waals surface area contributed by atoms with Crippen molar-refractivity contribution in [2.24, 2.45) is 0 Å². The predicted octanol–water partition coefficient (Wildman–Crippen LogP) is 4.80. The van der Waals surface area contributed by atoms with Crippen LogP contribution < -0.4 is 0 Å². The van der Waals surface area contributed by atoms with Crippen molar-refractivity contribution in [2.75, 3.05) is 6.54 Å². The number of aromatic amines is 2. The average Bonchev–Trinajstić information content (AvgIpc) is 3.49. The van der Waals surface area contributed by atoms with Crippen LogP contribution in [0.4, 0.5) is 0 Å². The van der Waals surface area contributed by atoms with Crippen LogP contribution >= 0.6 is 0 Å². The molecule has 3 aromatic carbocycles. The van der Waals surface area contributed by atoms with Gasteiger partial charge < -0.3 is 4.98 Å². The molecule has 158 valence electrons. The molecule has 0 saturated carbocycles. The lowest BCUT2D eigenvalue weighted by atomic mass is 9.91. The van der Waals surface area contributed by atoms with Crippen LogP contribution in [0.3, 0.4) is 0 Å². The van der Waals surface area contributed by atoms with Gasteiger partial charge in [-0.2, -0.15) is 5.21 Å². The fourth-order valence-electron chi connectivity index (χ4n) is 4.90. The van der Waals surface area contributed by atoms with Gasteiger partial charge in [-0.25, -0.2) is 0 Å². The zero-order valence-electron chi connectivity index (χ0n) is 17.9. The number of aromatic nitrogens is 5. The summed E-state index contributed by atoms with van der Waals surface area (Å²) in [4.78, 5) is 6.32. The van der Waals surface area contributed by atoms with Gasteiger partial charge in [0.2, 0.25) is 5.82 Å². The van der Waals surface area contributed by atoms with Gasteiger partial charge in [-0.05, 0) is 47.4 Å². The summed E-state index contributed by atoms with van der Waals surface area (Å²) in [5.74, 6) is 0.615. The molecular weight excluding hydrogens is 396 g/mol. The lowest BCUT2D eigenvalue weighted by Crippen LogP contribution is -2.35. The number of fused-ring (bicyclic) bond motifs is 3. The number of aryl methyl sites for hydroxylation is 1. The number of hydrogen-bond donors (Lipinski definition) is 2. The zero-order chi connectivity index (χ0) is 21.5. The lowest BCUT2D eigenvalue weighted by Gasteiger charge is -2.36. The summed E-state index contributed by atoms with van der Waals surface area (Å²) < 4.78 is 0. The quantitative estimate of drug-likeness (QED) is 0.438. The lowest BCUT2D eigenvalue weighted by molar-refractivity contribution is 0.202. The average molecular weight is 421 g/mol. The van der Waals surface area contributed by atoms with E-state index in [0.29, 0.717) is 5.82 Å². The van der Waals surface area contributed by atoms with Crippen molar-refractivity contribution >= 4 is 10.9 Å². The Hall–Kier alpha value is -3.77. The topological polar surface area (TPSA) is 73.5 Å². The number of rotatable bonds is 4. The molecule has 2 N–H and O–H groups in total. The molecule has 0 bridgehead atoms. The van der Waals surface area contributed by atoms with Crippen LogP contribution in [-0.4, -0.2) is 37.1 Å². The third-order valence-corrected chi connectivity index (χ3v) is 6.45. The Bertz CT molecular complexity index is 1370. The minimum atomic E-state index is 0.124. The smallest absolute Gasteiger partial charge is 0.204 e. The van der Waals surface area contributed by atoms with Gasteiger partial charge in [0.15, 0.2) is 0 Å². The van der Waals surface area contributed by atoms with E-state index < -0.39 is 0 Å². The third-order valence-electron chi connectivity index (χ3n) is 6.45. The van der Waals surface area contributed by atoms with E-state index in [-0.39, 0.29) is 6.04 Å². The molecule has 6 heteroatoms. The first-order valence-electron chi connectivity index (χ1n) is 11.0. The van der Waals surface area contributed by atoms with Gasteiger partial charge in [-0.1, -0.05) is 66.2 Å². The van der Waals surface area contributed by atoms with Gasteiger partial charge in [0.1, 0.15) is 0 Å². The van der Waals surface area contributed by atoms with Gasteiger partial charge in [-0.15, -0.1) is 10.2 Å². The second-order valence-electron chi connectivity index (χ2n) is 8.53. The maximum atomic E-state index is 4.18. The van der Waals surface area contributed by atoms with Crippen LogP contribution in [0.2, 0.25) is 0 Å². The van der Waals surface area contributed by atoms with E-state index in [1.165, 1.54) is 38.9 Å². The standard InChI is InChI=1S/C26H24N6/c1-17-9-11-18(12-10-17)16-32-14-13-22-21-7-2-3-8-23(21)27-24(22)25(32)19-5-4-6-20(15-19)26-28-30-31-29-26/h2-12,15,25,27H,13-14,16H2,1H3,(H,28,29,30,31). The van der Waals surface area contributed by atoms with Gasteiger partial charge in [0.25, 0.3) is 0 Å². The van der Waals surface area contributed by atoms with Crippen LogP contribution in [0.15, 0.2) is 72.8 Å². The molecular formula is C26H24N6. The second kappa shape index (κ2) is 7.73. The highest BCUT2D eigenvalue weighted by Gasteiger charge is 2.32. The van der Waals surface area contributed by atoms with Crippen molar-refractivity contribution in [1.82, 2.24) is 30.5 Å². The van der Waals surface area contributed by atoms with E-state index in [1.807, 2.05) is 6.07 Å². The first-order chi connectivity index (χ1) is 15.8. The number of tetrazole rings is 1. The van der Waals surface area contributed by atoms with Gasteiger partial charge in [0, 0.05) is 35.2 Å². The van der Waals surface area contributed by atoms with Crippen LogP contribution in [0, 0.1) is 6.92 Å². The van der Waals surface area contributed by atoms with Gasteiger partial charge in [0.05, 0.1) is 6.04 Å². The van der Waals surface area contributed by atoms with E-state index >= 15 is 0 Å². The number of para-hydroxylation sites is 1. The predicted molar refractivity (Wildman–Crippen MR) is 125 cm³/mol. The summed E-state index contributed by atoms with van der Waals surface area (Å²) in [6.07, 6.45) is 1.03. The largest absolute Gasteiger partial charge is 0.357 e. The molecule has 32 heavy (non-hydrogen) atoms. The summed E-state index contributed by atoms with van der Waals surface area (Å²) in [7, 11) is 0. The minimum Gasteiger partial charge on any atom is -0.357 e. The molecule has 1 unspecified atom stereocenters. The maximum absolute atomic E-state index is 4.18. The Morgan fingerprint density at radius 3 is 2.72 bits per heavy atom. The number of hydrogen-bond acceptors (Lipinski definition) is 4. The second-order valence-corrected chi connectivity index (χ2v) is 8.53. The number of nitrogens with zero attached hydrogens (tertiary/aromatic N) is 4. The summed E-state index contributed by atoms with van der Waals surface area (Å²) >= 11 is 0. The van der Waals surface area contributed by atoms with Crippen LogP contribution in [-0.2, 0) is 13.0 Å². The first kappa shape index (κ1) is 19.0. The normalized spacial score (nSPS) is 16.3. The molecule has 0 fully saturated rings. The van der Waals surface area contributed by atoms with E-state index in [1.54, 1.807) is 0 Å². The summed E-state index contributed by atoms with van der Waals surface area (Å²) in [6.45, 7) is 4.03. The Morgan fingerprint density at radius 2 is 1.88 bits per heavy atom. The van der Waals surface area contributed by atoms with Crippen LogP contribution in [0.25, 0.3) is 22.3 Å². The van der Waals surface area contributed by atoms with Gasteiger partial charge in [-0.3, -0.25) is 4.90 Å². The molecule has 6 nitrogen and oxygen atoms in total. The van der Waals surface area contributed by atoms with Gasteiger partial charge >= 0.3 is 0 Å². The molecule has 3 heterocycles. The molecule has 0 radical (unpaired) electrons. The van der Waals surface area contributed by atoms with Crippen molar-refractivity contribution in [3.05, 3.63) is 101 Å². The minimum absolute atomic E-state index is 0.124. The number of H-pyrrole nitrogens is 2. The molecule has 1 aliphatic rings. The maximum Gasteiger partial charge on any atom is 0.204 e. The van der Waals surface area contributed by atoms with E-state index in [2.05, 4.69) is 104 Å². The molecule has 1 aliphatic heterocycles. The summed E-state index contributed by atoms with van der Waals surface area (Å²) in [5, 5.41) is 16.0. The SMILES string of the molecule is Cc1ccc(CN2CCc3c([nH]c4ccccc34)C2c2cccc(-c3nn[nH]n3)c2)cc1. The molecule has 1 atom stereocenters. The fraction of sp³-hybridized carbons (Fsp3) is 0.192. The number of nitrogens with one attached hydrogen (secondary N) is 2. The monoisotopic (exact) mass is 420 g/mol. The molecule has 0 amide bonds. The van der Waals surface area contributed by atoms with E-state index in [4.69, 9.17) is 0 Å². The van der Waals surface area contributed by atoms with Crippen molar-refractivity contribution in [3.63, 3.8) is 0 Å². The molecule has 2 aromatic heterocycles. The Morgan fingerprint density at radius 1 is 1.00 bits per heavy atom. The highest BCUT2D eigenvalue weighted by molar-refractivity contribution is 5.85. The Balaban J connectivity index is 1.47.